The fraction of sp³-hybridized carbons (Fsp3) is 0.630. The van der Waals surface area contributed by atoms with Gasteiger partial charge in [-0.25, -0.2) is 14.8 Å². The van der Waals surface area contributed by atoms with Crippen LogP contribution in [0.3, 0.4) is 0 Å². The zero-order valence-corrected chi connectivity index (χ0v) is 25.5. The first-order valence-electron chi connectivity index (χ1n) is 13.7. The van der Waals surface area contributed by atoms with E-state index in [-0.39, 0.29) is 24.2 Å². The van der Waals surface area contributed by atoms with E-state index >= 15 is 0 Å². The van der Waals surface area contributed by atoms with Crippen LogP contribution >= 0.6 is 15.9 Å². The fourth-order valence-electron chi connectivity index (χ4n) is 5.80. The summed E-state index contributed by atoms with van der Waals surface area (Å²) < 4.78 is 21.4. The Balaban J connectivity index is 1.34. The Morgan fingerprint density at radius 2 is 2.08 bits per heavy atom. The second kappa shape index (κ2) is 11.2. The van der Waals surface area contributed by atoms with Gasteiger partial charge in [0.25, 0.3) is 0 Å². The number of fused-ring (bicyclic) bond motifs is 2. The number of halogens is 1. The molecule has 4 atom stereocenters. The van der Waals surface area contributed by atoms with Crippen molar-refractivity contribution in [2.24, 2.45) is 5.92 Å². The molecule has 2 fully saturated rings. The summed E-state index contributed by atoms with van der Waals surface area (Å²) in [6.45, 7) is 11.4. The monoisotopic (exact) mass is 618 g/mol. The largest absolute Gasteiger partial charge is 0.444 e. The number of amides is 1. The number of alkyl carbamates (subject to hydrolysis) is 1. The SMILES string of the molecule is CNc1ncnc2c1ccn2[C@@H]1C[C@H](CN(CCCNC(=O)OC(C)(C)C)c2cn[nH]c2Br)[C@H]2OC(C)(C)O[C@H]21. The average Bonchev–Trinajstić information content (AvgIpc) is 3.63. The Morgan fingerprint density at radius 3 is 2.77 bits per heavy atom. The van der Waals surface area contributed by atoms with Gasteiger partial charge in [-0.1, -0.05) is 0 Å². The van der Waals surface area contributed by atoms with E-state index in [1.165, 1.54) is 0 Å². The summed E-state index contributed by atoms with van der Waals surface area (Å²) in [6.07, 6.45) is 6.46. The highest BCUT2D eigenvalue weighted by molar-refractivity contribution is 9.10. The van der Waals surface area contributed by atoms with Gasteiger partial charge >= 0.3 is 6.09 Å². The number of nitrogens with one attached hydrogen (secondary N) is 3. The first-order valence-corrected chi connectivity index (χ1v) is 14.5. The third-order valence-electron chi connectivity index (χ3n) is 7.30. The van der Waals surface area contributed by atoms with Crippen molar-refractivity contribution in [1.29, 1.82) is 0 Å². The van der Waals surface area contributed by atoms with Crippen molar-refractivity contribution in [3.8, 4) is 0 Å². The molecule has 0 bridgehead atoms. The smallest absolute Gasteiger partial charge is 0.407 e. The van der Waals surface area contributed by atoms with Crippen LogP contribution in [0.15, 0.2) is 29.4 Å². The number of hydrogen-bond donors (Lipinski definition) is 3. The lowest BCUT2D eigenvalue weighted by Crippen LogP contribution is -2.38. The molecule has 40 heavy (non-hydrogen) atoms. The summed E-state index contributed by atoms with van der Waals surface area (Å²) in [5, 5.41) is 14.2. The summed E-state index contributed by atoms with van der Waals surface area (Å²) in [5.41, 5.74) is 1.31. The fourth-order valence-corrected chi connectivity index (χ4v) is 6.25. The van der Waals surface area contributed by atoms with Crippen molar-refractivity contribution in [2.75, 3.05) is 36.9 Å². The van der Waals surface area contributed by atoms with Crippen LogP contribution in [-0.2, 0) is 14.2 Å². The Kier molecular flexibility index (Phi) is 7.99. The highest BCUT2D eigenvalue weighted by Crippen LogP contribution is 2.48. The van der Waals surface area contributed by atoms with Gasteiger partial charge in [-0.05, 0) is 69.5 Å². The summed E-state index contributed by atoms with van der Waals surface area (Å²) in [5.74, 6) is 0.300. The second-order valence-electron chi connectivity index (χ2n) is 11.9. The number of H-pyrrole nitrogens is 1. The van der Waals surface area contributed by atoms with Crippen LogP contribution in [0.1, 0.15) is 53.5 Å². The predicted molar refractivity (Wildman–Crippen MR) is 155 cm³/mol. The zero-order chi connectivity index (χ0) is 28.7. The molecule has 3 N–H and O–H groups in total. The maximum Gasteiger partial charge on any atom is 0.407 e. The lowest BCUT2D eigenvalue weighted by Gasteiger charge is -2.30. The lowest BCUT2D eigenvalue weighted by atomic mass is 10.0. The second-order valence-corrected chi connectivity index (χ2v) is 12.7. The number of aromatic nitrogens is 5. The molecule has 5 rings (SSSR count). The van der Waals surface area contributed by atoms with Gasteiger partial charge in [-0.2, -0.15) is 5.10 Å². The molecule has 3 aromatic rings. The number of hydrogen-bond acceptors (Lipinski definition) is 9. The van der Waals surface area contributed by atoms with Gasteiger partial charge < -0.3 is 34.3 Å². The molecule has 1 aliphatic carbocycles. The third-order valence-corrected chi connectivity index (χ3v) is 7.88. The Hall–Kier alpha value is -2.90. The van der Waals surface area contributed by atoms with E-state index < -0.39 is 17.5 Å². The Bertz CT molecular complexity index is 1340. The topological polar surface area (TPSA) is 131 Å². The molecule has 4 heterocycles. The van der Waals surface area contributed by atoms with E-state index in [1.807, 2.05) is 47.9 Å². The molecule has 1 saturated carbocycles. The molecule has 1 saturated heterocycles. The number of rotatable bonds is 9. The van der Waals surface area contributed by atoms with E-state index in [0.717, 1.165) is 46.5 Å². The molecule has 13 heteroatoms. The molecular weight excluding hydrogens is 580 g/mol. The maximum atomic E-state index is 12.1. The number of anilines is 2. The summed E-state index contributed by atoms with van der Waals surface area (Å²) in [6, 6.07) is 2.11. The lowest BCUT2D eigenvalue weighted by molar-refractivity contribution is -0.159. The van der Waals surface area contributed by atoms with Crippen molar-refractivity contribution in [3.63, 3.8) is 0 Å². The third kappa shape index (κ3) is 6.06. The van der Waals surface area contributed by atoms with Crippen molar-refractivity contribution in [1.82, 2.24) is 30.0 Å². The average molecular weight is 620 g/mol. The molecule has 0 radical (unpaired) electrons. The highest BCUT2D eigenvalue weighted by Gasteiger charge is 2.55. The molecule has 0 spiro atoms. The normalized spacial score (nSPS) is 23.8. The highest BCUT2D eigenvalue weighted by atomic mass is 79.9. The van der Waals surface area contributed by atoms with Crippen LogP contribution in [0.5, 0.6) is 0 Å². The van der Waals surface area contributed by atoms with E-state index in [9.17, 15) is 4.79 Å². The van der Waals surface area contributed by atoms with Crippen molar-refractivity contribution in [2.45, 2.75) is 77.1 Å². The van der Waals surface area contributed by atoms with Gasteiger partial charge in [0, 0.05) is 38.8 Å². The summed E-state index contributed by atoms with van der Waals surface area (Å²) in [4.78, 5) is 23.4. The van der Waals surface area contributed by atoms with Gasteiger partial charge in [0.05, 0.1) is 29.4 Å². The molecule has 1 amide bonds. The molecular formula is C27H39BrN8O4. The molecule has 12 nitrogen and oxygen atoms in total. The van der Waals surface area contributed by atoms with Gasteiger partial charge in [0.1, 0.15) is 34.1 Å². The maximum absolute atomic E-state index is 12.1. The van der Waals surface area contributed by atoms with Crippen molar-refractivity contribution >= 4 is 44.6 Å². The van der Waals surface area contributed by atoms with E-state index in [4.69, 9.17) is 14.2 Å². The van der Waals surface area contributed by atoms with Gasteiger partial charge in [0.15, 0.2) is 5.79 Å². The predicted octanol–water partition coefficient (Wildman–Crippen LogP) is 4.46. The Morgan fingerprint density at radius 1 is 1.30 bits per heavy atom. The number of ether oxygens (including phenoxy) is 3. The van der Waals surface area contributed by atoms with Gasteiger partial charge in [-0.3, -0.25) is 5.10 Å². The van der Waals surface area contributed by atoms with Crippen molar-refractivity contribution in [3.05, 3.63) is 29.4 Å². The van der Waals surface area contributed by atoms with Crippen LogP contribution < -0.4 is 15.5 Å². The molecule has 3 aromatic heterocycles. The minimum atomic E-state index is -0.682. The first-order chi connectivity index (χ1) is 19.0. The number of carbonyl (C=O) groups excluding carboxylic acids is 1. The number of nitrogens with zero attached hydrogens (tertiary/aromatic N) is 5. The zero-order valence-electron chi connectivity index (χ0n) is 23.9. The number of carbonyl (C=O) groups is 1. The van der Waals surface area contributed by atoms with Crippen LogP contribution in [-0.4, -0.2) is 81.1 Å². The van der Waals surface area contributed by atoms with E-state index in [0.29, 0.717) is 13.1 Å². The van der Waals surface area contributed by atoms with Crippen LogP contribution in [0, 0.1) is 5.92 Å². The molecule has 218 valence electrons. The van der Waals surface area contributed by atoms with Gasteiger partial charge in [0.2, 0.25) is 0 Å². The molecule has 0 aromatic carbocycles. The quantitative estimate of drug-likeness (QED) is 0.297. The standard InChI is InChI=1S/C27H39BrN8O4/c1-26(2,3)40-25(37)30-9-7-10-35(19-13-33-34-22(19)28)14-16-12-18(21-20(16)38-27(4,5)39-21)36-11-8-17-23(29-6)31-15-32-24(17)36/h8,11,13,15-16,18,20-21H,7,9-10,12,14H2,1-6H3,(H,30,37)(H,33,34)(H,29,31,32)/t16-,18-,20-,21+/m1/s1. The molecule has 0 unspecified atom stereocenters. The van der Waals surface area contributed by atoms with Gasteiger partial charge in [-0.15, -0.1) is 0 Å². The van der Waals surface area contributed by atoms with E-state index in [1.54, 1.807) is 6.33 Å². The Labute approximate surface area is 242 Å². The molecule has 1 aliphatic heterocycles. The van der Waals surface area contributed by atoms with Crippen LogP contribution in [0.25, 0.3) is 11.0 Å². The first kappa shape index (κ1) is 28.6. The number of aromatic amines is 1. The molecule has 2 aliphatic rings. The van der Waals surface area contributed by atoms with Crippen molar-refractivity contribution < 1.29 is 19.0 Å². The summed E-state index contributed by atoms with van der Waals surface area (Å²) >= 11 is 3.61. The van der Waals surface area contributed by atoms with Crippen LogP contribution in [0.2, 0.25) is 0 Å². The van der Waals surface area contributed by atoms with E-state index in [2.05, 4.69) is 68.5 Å². The summed E-state index contributed by atoms with van der Waals surface area (Å²) in [7, 11) is 1.86. The minimum Gasteiger partial charge on any atom is -0.444 e. The minimum absolute atomic E-state index is 0.0531. The van der Waals surface area contributed by atoms with Crippen LogP contribution in [0.4, 0.5) is 16.3 Å².